The molecule has 11 heteroatoms. The molecule has 0 amide bonds. The minimum atomic E-state index is -4.64. The predicted octanol–water partition coefficient (Wildman–Crippen LogP) is 12.6. The molecule has 0 spiro atoms. The molecule has 334 valence electrons. The monoisotopic (exact) mass is 836 g/mol. The fourth-order valence-corrected chi connectivity index (χ4v) is 6.57. The van der Waals surface area contributed by atoms with Crippen LogP contribution >= 0.6 is 7.82 Å². The van der Waals surface area contributed by atoms with Gasteiger partial charge in [-0.3, -0.25) is 18.6 Å². The number of nitrogens with two attached hydrogens (primary N) is 1. The van der Waals surface area contributed by atoms with Crippen molar-refractivity contribution >= 4 is 19.8 Å². The second-order valence-corrected chi connectivity index (χ2v) is 16.3. The first-order valence-corrected chi connectivity index (χ1v) is 24.0. The van der Waals surface area contributed by atoms with Gasteiger partial charge in [-0.2, -0.15) is 0 Å². The van der Waals surface area contributed by atoms with Crippen LogP contribution < -0.4 is 5.73 Å². The molecule has 4 N–H and O–H groups in total. The summed E-state index contributed by atoms with van der Waals surface area (Å²) in [4.78, 5) is 33.6. The number of carboxylic acids is 1. The summed E-state index contributed by atoms with van der Waals surface area (Å²) in [7, 11) is -4.64. The van der Waals surface area contributed by atoms with Crippen molar-refractivity contribution in [1.29, 1.82) is 0 Å². The van der Waals surface area contributed by atoms with Crippen molar-refractivity contribution in [2.45, 2.75) is 187 Å². The molecule has 0 saturated carbocycles. The van der Waals surface area contributed by atoms with E-state index in [1.54, 1.807) is 0 Å². The number of phosphoric acid groups is 1. The van der Waals surface area contributed by atoms with Gasteiger partial charge in [-0.15, -0.1) is 0 Å². The number of carbonyl (C=O) groups is 2. The topological polar surface area (TPSA) is 155 Å². The Kier molecular flexibility index (Phi) is 40.6. The molecule has 0 radical (unpaired) electrons. The van der Waals surface area contributed by atoms with Gasteiger partial charge in [-0.1, -0.05) is 183 Å². The molecule has 58 heavy (non-hydrogen) atoms. The van der Waals surface area contributed by atoms with Crippen LogP contribution in [0.3, 0.4) is 0 Å². The average molecular weight is 836 g/mol. The van der Waals surface area contributed by atoms with Gasteiger partial charge >= 0.3 is 19.8 Å². The Bertz CT molecular complexity index is 1200. The summed E-state index contributed by atoms with van der Waals surface area (Å²) in [5.41, 5.74) is 5.35. The lowest BCUT2D eigenvalue weighted by Crippen LogP contribution is -2.34. The van der Waals surface area contributed by atoms with Crippen LogP contribution in [0.5, 0.6) is 0 Å². The Hall–Kier alpha value is -2.59. The molecule has 3 atom stereocenters. The number of allylic oxidation sites excluding steroid dienone is 12. The first kappa shape index (κ1) is 55.4. The highest BCUT2D eigenvalue weighted by molar-refractivity contribution is 7.47. The van der Waals surface area contributed by atoms with Gasteiger partial charge in [0.15, 0.2) is 0 Å². The van der Waals surface area contributed by atoms with Crippen LogP contribution in [-0.4, -0.2) is 60.5 Å². The lowest BCUT2D eigenvalue weighted by Gasteiger charge is -2.20. The van der Waals surface area contributed by atoms with E-state index in [0.717, 1.165) is 70.6 Å². The second kappa shape index (κ2) is 42.5. The Morgan fingerprint density at radius 3 is 1.43 bits per heavy atom. The quantitative estimate of drug-likeness (QED) is 0.0234. The van der Waals surface area contributed by atoms with E-state index in [1.807, 2.05) is 0 Å². The highest BCUT2D eigenvalue weighted by Crippen LogP contribution is 2.43. The lowest BCUT2D eigenvalue weighted by molar-refractivity contribution is -0.154. The summed E-state index contributed by atoms with van der Waals surface area (Å²) < 4.78 is 33.3. The van der Waals surface area contributed by atoms with Gasteiger partial charge < -0.3 is 25.2 Å². The molecular formula is C47H82NO9P. The number of phosphoric ester groups is 1. The van der Waals surface area contributed by atoms with E-state index in [-0.39, 0.29) is 13.0 Å². The van der Waals surface area contributed by atoms with E-state index in [4.69, 9.17) is 29.4 Å². The first-order chi connectivity index (χ1) is 28.2. The molecular weight excluding hydrogens is 753 g/mol. The van der Waals surface area contributed by atoms with E-state index in [1.165, 1.54) is 77.0 Å². The highest BCUT2D eigenvalue weighted by Gasteiger charge is 2.27. The second-order valence-electron chi connectivity index (χ2n) is 14.8. The molecule has 0 aromatic rings. The number of unbranched alkanes of at least 4 members (excludes halogenated alkanes) is 16. The molecule has 0 aliphatic heterocycles. The van der Waals surface area contributed by atoms with E-state index < -0.39 is 45.1 Å². The molecule has 10 nitrogen and oxygen atoms in total. The fraction of sp³-hybridized carbons (Fsp3) is 0.702. The van der Waals surface area contributed by atoms with Crippen molar-refractivity contribution in [3.8, 4) is 0 Å². The fourth-order valence-electron chi connectivity index (χ4n) is 5.80. The van der Waals surface area contributed by atoms with Crippen LogP contribution in [0.25, 0.3) is 0 Å². The van der Waals surface area contributed by atoms with Gasteiger partial charge in [-0.25, -0.2) is 4.57 Å². The van der Waals surface area contributed by atoms with Crippen LogP contribution in [-0.2, 0) is 32.7 Å². The third-order valence-corrected chi connectivity index (χ3v) is 10.2. The third kappa shape index (κ3) is 41.6. The molecule has 0 rings (SSSR count). The number of carbonyl (C=O) groups excluding carboxylic acids is 1. The Balaban J connectivity index is 4.33. The number of carboxylic acid groups (broad SMARTS) is 1. The largest absolute Gasteiger partial charge is 0.480 e. The molecule has 0 heterocycles. The molecule has 0 aromatic carbocycles. The Morgan fingerprint density at radius 2 is 0.983 bits per heavy atom. The van der Waals surface area contributed by atoms with Crippen molar-refractivity contribution in [3.05, 3.63) is 72.9 Å². The Morgan fingerprint density at radius 1 is 0.569 bits per heavy atom. The summed E-state index contributed by atoms with van der Waals surface area (Å²) in [6.07, 6.45) is 52.5. The zero-order valence-corrected chi connectivity index (χ0v) is 37.3. The van der Waals surface area contributed by atoms with Gasteiger partial charge in [0.1, 0.15) is 12.1 Å². The van der Waals surface area contributed by atoms with Crippen LogP contribution in [0.4, 0.5) is 0 Å². The molecule has 0 bridgehead atoms. The van der Waals surface area contributed by atoms with Crippen molar-refractivity contribution < 1.29 is 42.7 Å². The van der Waals surface area contributed by atoms with Crippen molar-refractivity contribution in [1.82, 2.24) is 0 Å². The van der Waals surface area contributed by atoms with Crippen molar-refractivity contribution in [2.24, 2.45) is 5.73 Å². The zero-order valence-electron chi connectivity index (χ0n) is 36.4. The van der Waals surface area contributed by atoms with Crippen LogP contribution in [0, 0.1) is 0 Å². The van der Waals surface area contributed by atoms with Gasteiger partial charge in [0.05, 0.1) is 19.8 Å². The van der Waals surface area contributed by atoms with E-state index in [9.17, 15) is 19.0 Å². The summed E-state index contributed by atoms with van der Waals surface area (Å²) in [6.45, 7) is 3.62. The average Bonchev–Trinajstić information content (AvgIpc) is 3.20. The van der Waals surface area contributed by atoms with Gasteiger partial charge in [0.2, 0.25) is 0 Å². The minimum absolute atomic E-state index is 0.0247. The standard InChI is InChI=1S/C47H82NO9P/c1-3-5-7-9-11-13-15-17-19-21-22-23-24-26-28-30-32-34-36-38-40-54-41-44(42-55-58(52,53)56-43-45(48)47(50)51)57-46(49)39-37-35-33-31-29-27-25-20-18-16-14-12-10-8-6-4-2/h5,7,11,13,17,19,22-23,26,28,32,34,44-45H,3-4,6,8-10,12,14-16,18,20-21,24-25,27,29-31,33,35-43,48H2,1-2H3,(H,50,51)(H,52,53)/b7-5-,13-11-,19-17-,23-22-,28-26-,34-32-. The normalized spacial score (nSPS) is 14.6. The number of aliphatic carboxylic acids is 1. The number of esters is 1. The summed E-state index contributed by atoms with van der Waals surface area (Å²) in [5, 5.41) is 8.90. The SMILES string of the molecule is CC/C=C\C/C=C\C/C=C\C/C=C\C/C=C\C/C=C\CCCOCC(COP(=O)(O)OCC(N)C(=O)O)OC(=O)CCCCCCCCCCCCCCCCCC. The number of hydrogen-bond donors (Lipinski definition) is 3. The number of hydrogen-bond acceptors (Lipinski definition) is 8. The molecule has 0 saturated heterocycles. The Labute approximate surface area is 353 Å². The van der Waals surface area contributed by atoms with E-state index in [2.05, 4.69) is 86.8 Å². The molecule has 0 aliphatic rings. The van der Waals surface area contributed by atoms with Gasteiger partial charge in [-0.05, 0) is 57.8 Å². The first-order valence-electron chi connectivity index (χ1n) is 22.5. The smallest absolute Gasteiger partial charge is 0.472 e. The van der Waals surface area contributed by atoms with Crippen molar-refractivity contribution in [2.75, 3.05) is 26.4 Å². The molecule has 0 aromatic heterocycles. The summed E-state index contributed by atoms with van der Waals surface area (Å²) in [5.74, 6) is -1.81. The maximum absolute atomic E-state index is 12.6. The highest BCUT2D eigenvalue weighted by atomic mass is 31.2. The van der Waals surface area contributed by atoms with Crippen LogP contribution in [0.1, 0.15) is 174 Å². The predicted molar refractivity (Wildman–Crippen MR) is 240 cm³/mol. The van der Waals surface area contributed by atoms with Crippen LogP contribution in [0.15, 0.2) is 72.9 Å². The van der Waals surface area contributed by atoms with Gasteiger partial charge in [0.25, 0.3) is 0 Å². The van der Waals surface area contributed by atoms with Crippen molar-refractivity contribution in [3.63, 3.8) is 0 Å². The lowest BCUT2D eigenvalue weighted by atomic mass is 10.0. The summed E-state index contributed by atoms with van der Waals surface area (Å²) in [6, 6.07) is -1.48. The minimum Gasteiger partial charge on any atom is -0.480 e. The zero-order chi connectivity index (χ0) is 42.6. The van der Waals surface area contributed by atoms with E-state index >= 15 is 0 Å². The summed E-state index contributed by atoms with van der Waals surface area (Å²) >= 11 is 0. The number of rotatable bonds is 42. The third-order valence-electron chi connectivity index (χ3n) is 9.25. The molecule has 0 fully saturated rings. The van der Waals surface area contributed by atoms with Gasteiger partial charge in [0, 0.05) is 13.0 Å². The maximum Gasteiger partial charge on any atom is 0.472 e. The molecule has 3 unspecified atom stereocenters. The maximum atomic E-state index is 12.6. The van der Waals surface area contributed by atoms with E-state index in [0.29, 0.717) is 13.0 Å². The number of ether oxygens (including phenoxy) is 2. The van der Waals surface area contributed by atoms with Crippen LogP contribution in [0.2, 0.25) is 0 Å². The molecule has 0 aliphatic carbocycles.